The Labute approximate surface area is 148 Å². The van der Waals surface area contributed by atoms with Crippen molar-refractivity contribution in [2.45, 2.75) is 52.4 Å². The van der Waals surface area contributed by atoms with Gasteiger partial charge in [0, 0.05) is 6.04 Å². The maximum atomic E-state index is 11.8. The molecule has 0 radical (unpaired) electrons. The molecule has 138 valence electrons. The molecule has 0 aliphatic rings. The number of hydrogen-bond acceptors (Lipinski definition) is 5. The van der Waals surface area contributed by atoms with E-state index in [2.05, 4.69) is 10.6 Å². The van der Waals surface area contributed by atoms with E-state index in [4.69, 9.17) is 9.47 Å². The van der Waals surface area contributed by atoms with Crippen LogP contribution in [0.4, 0.5) is 4.79 Å². The van der Waals surface area contributed by atoms with Gasteiger partial charge in [-0.05, 0) is 33.3 Å². The Morgan fingerprint density at radius 3 is 2.36 bits per heavy atom. The van der Waals surface area contributed by atoms with Gasteiger partial charge >= 0.3 is 12.1 Å². The average Bonchev–Trinajstić information content (AvgIpc) is 2.50. The lowest BCUT2D eigenvalue weighted by atomic mass is 10.2. The van der Waals surface area contributed by atoms with Crippen LogP contribution in [0.25, 0.3) is 0 Å². The molecule has 2 N–H and O–H groups in total. The molecule has 1 aromatic rings. The van der Waals surface area contributed by atoms with Crippen LogP contribution in [-0.2, 0) is 25.7 Å². The SMILES string of the molecule is CC(CC(=O)OCc1ccccc1)NC(=O)CNC(=O)OC(C)(C)C. The highest BCUT2D eigenvalue weighted by molar-refractivity contribution is 5.83. The van der Waals surface area contributed by atoms with Gasteiger partial charge in [0.05, 0.1) is 6.42 Å². The Hall–Kier alpha value is -2.57. The number of amides is 2. The molecule has 0 saturated carbocycles. The highest BCUT2D eigenvalue weighted by atomic mass is 16.6. The zero-order valence-electron chi connectivity index (χ0n) is 15.1. The fraction of sp³-hybridized carbons (Fsp3) is 0.500. The van der Waals surface area contributed by atoms with Gasteiger partial charge in [0.15, 0.2) is 0 Å². The van der Waals surface area contributed by atoms with Crippen molar-refractivity contribution < 1.29 is 23.9 Å². The second-order valence-corrected chi connectivity index (χ2v) is 6.67. The van der Waals surface area contributed by atoms with Gasteiger partial charge in [0.25, 0.3) is 0 Å². The molecule has 1 rings (SSSR count). The van der Waals surface area contributed by atoms with Gasteiger partial charge in [-0.25, -0.2) is 4.79 Å². The number of esters is 1. The van der Waals surface area contributed by atoms with E-state index in [9.17, 15) is 14.4 Å². The second kappa shape index (κ2) is 9.66. The molecule has 0 heterocycles. The lowest BCUT2D eigenvalue weighted by molar-refractivity contribution is -0.145. The molecule has 1 atom stereocenters. The molecule has 0 aromatic heterocycles. The van der Waals surface area contributed by atoms with E-state index in [0.29, 0.717) is 0 Å². The second-order valence-electron chi connectivity index (χ2n) is 6.67. The van der Waals surface area contributed by atoms with Crippen molar-refractivity contribution >= 4 is 18.0 Å². The summed E-state index contributed by atoms with van der Waals surface area (Å²) in [6.07, 6.45) is -0.622. The molecule has 0 bridgehead atoms. The number of alkyl carbamates (subject to hydrolysis) is 1. The van der Waals surface area contributed by atoms with Gasteiger partial charge in [-0.1, -0.05) is 30.3 Å². The van der Waals surface area contributed by atoms with Crippen molar-refractivity contribution in [1.82, 2.24) is 10.6 Å². The molecule has 0 aliphatic heterocycles. The lowest BCUT2D eigenvalue weighted by Crippen LogP contribution is -2.43. The first-order chi connectivity index (χ1) is 11.7. The zero-order valence-corrected chi connectivity index (χ0v) is 15.1. The third-order valence-corrected chi connectivity index (χ3v) is 2.92. The Kier molecular flexibility index (Phi) is 7.91. The minimum Gasteiger partial charge on any atom is -0.461 e. The van der Waals surface area contributed by atoms with Crippen molar-refractivity contribution in [3.05, 3.63) is 35.9 Å². The summed E-state index contributed by atoms with van der Waals surface area (Å²) < 4.78 is 10.2. The first kappa shape index (κ1) is 20.5. The molecule has 7 heteroatoms. The number of rotatable bonds is 7. The van der Waals surface area contributed by atoms with Gasteiger partial charge in [0.2, 0.25) is 5.91 Å². The van der Waals surface area contributed by atoms with Crippen LogP contribution >= 0.6 is 0 Å². The topological polar surface area (TPSA) is 93.7 Å². The molecule has 25 heavy (non-hydrogen) atoms. The molecule has 2 amide bonds. The van der Waals surface area contributed by atoms with Crippen molar-refractivity contribution in [1.29, 1.82) is 0 Å². The molecule has 0 saturated heterocycles. The van der Waals surface area contributed by atoms with E-state index in [1.54, 1.807) is 27.7 Å². The maximum Gasteiger partial charge on any atom is 0.408 e. The summed E-state index contributed by atoms with van der Waals surface area (Å²) in [7, 11) is 0. The van der Waals surface area contributed by atoms with E-state index in [0.717, 1.165) is 5.56 Å². The lowest BCUT2D eigenvalue weighted by Gasteiger charge is -2.20. The Bertz CT molecular complexity index is 581. The van der Waals surface area contributed by atoms with Gasteiger partial charge in [-0.3, -0.25) is 9.59 Å². The van der Waals surface area contributed by atoms with Crippen LogP contribution in [-0.4, -0.2) is 36.2 Å². The van der Waals surface area contributed by atoms with Gasteiger partial charge < -0.3 is 20.1 Å². The molecule has 1 unspecified atom stereocenters. The molecular weight excluding hydrogens is 324 g/mol. The minimum atomic E-state index is -0.669. The van der Waals surface area contributed by atoms with E-state index >= 15 is 0 Å². The van der Waals surface area contributed by atoms with E-state index < -0.39 is 29.6 Å². The Morgan fingerprint density at radius 1 is 1.12 bits per heavy atom. The highest BCUT2D eigenvalue weighted by Gasteiger charge is 2.17. The van der Waals surface area contributed by atoms with Crippen LogP contribution < -0.4 is 10.6 Å². The number of hydrogen-bond donors (Lipinski definition) is 2. The molecule has 1 aromatic carbocycles. The molecule has 0 fully saturated rings. The van der Waals surface area contributed by atoms with Crippen LogP contribution in [0.15, 0.2) is 30.3 Å². The summed E-state index contributed by atoms with van der Waals surface area (Å²) in [6.45, 7) is 6.86. The third kappa shape index (κ3) is 10.0. The largest absolute Gasteiger partial charge is 0.461 e. The standard InChI is InChI=1S/C18H26N2O5/c1-13(10-16(22)24-12-14-8-6-5-7-9-14)20-15(21)11-19-17(23)25-18(2,3)4/h5-9,13H,10-12H2,1-4H3,(H,19,23)(H,20,21). The fourth-order valence-electron chi connectivity index (χ4n) is 1.89. The Morgan fingerprint density at radius 2 is 1.76 bits per heavy atom. The summed E-state index contributed by atoms with van der Waals surface area (Å²) in [4.78, 5) is 35.0. The first-order valence-electron chi connectivity index (χ1n) is 8.11. The van der Waals surface area contributed by atoms with Crippen molar-refractivity contribution in [3.63, 3.8) is 0 Å². The molecular formula is C18H26N2O5. The summed E-state index contributed by atoms with van der Waals surface area (Å²) in [5, 5.41) is 4.97. The normalized spacial score (nSPS) is 12.0. The van der Waals surface area contributed by atoms with Crippen molar-refractivity contribution in [3.8, 4) is 0 Å². The monoisotopic (exact) mass is 350 g/mol. The zero-order chi connectivity index (χ0) is 18.9. The van der Waals surface area contributed by atoms with Crippen molar-refractivity contribution in [2.24, 2.45) is 0 Å². The maximum absolute atomic E-state index is 11.8. The van der Waals surface area contributed by atoms with Crippen molar-refractivity contribution in [2.75, 3.05) is 6.54 Å². The van der Waals surface area contributed by atoms with Gasteiger partial charge in [-0.15, -0.1) is 0 Å². The van der Waals surface area contributed by atoms with Gasteiger partial charge in [0.1, 0.15) is 18.8 Å². The van der Waals surface area contributed by atoms with E-state index in [1.165, 1.54) is 0 Å². The number of nitrogens with one attached hydrogen (secondary N) is 2. The fourth-order valence-corrected chi connectivity index (χ4v) is 1.89. The average molecular weight is 350 g/mol. The number of benzene rings is 1. The molecule has 0 aliphatic carbocycles. The van der Waals surface area contributed by atoms with Gasteiger partial charge in [-0.2, -0.15) is 0 Å². The summed E-state index contributed by atoms with van der Waals surface area (Å²) in [5.41, 5.74) is 0.269. The predicted molar refractivity (Wildman–Crippen MR) is 92.7 cm³/mol. The first-order valence-corrected chi connectivity index (χ1v) is 8.11. The van der Waals surface area contributed by atoms with Crippen LogP contribution in [0.1, 0.15) is 39.7 Å². The van der Waals surface area contributed by atoms with Crippen LogP contribution in [0.3, 0.4) is 0 Å². The molecule has 7 nitrogen and oxygen atoms in total. The third-order valence-electron chi connectivity index (χ3n) is 2.92. The quantitative estimate of drug-likeness (QED) is 0.735. The summed E-state index contributed by atoms with van der Waals surface area (Å²) in [6, 6.07) is 8.93. The van der Waals surface area contributed by atoms with Crippen LogP contribution in [0, 0.1) is 0 Å². The summed E-state index contributed by atoms with van der Waals surface area (Å²) in [5.74, 6) is -0.814. The van der Waals surface area contributed by atoms with E-state index in [1.807, 2.05) is 30.3 Å². The number of carbonyl (C=O) groups excluding carboxylic acids is 3. The smallest absolute Gasteiger partial charge is 0.408 e. The highest BCUT2D eigenvalue weighted by Crippen LogP contribution is 2.06. The summed E-state index contributed by atoms with van der Waals surface area (Å²) >= 11 is 0. The van der Waals surface area contributed by atoms with Crippen LogP contribution in [0.5, 0.6) is 0 Å². The number of ether oxygens (including phenoxy) is 2. The number of carbonyl (C=O) groups is 3. The predicted octanol–water partition coefficient (Wildman–Crippen LogP) is 2.15. The van der Waals surface area contributed by atoms with E-state index in [-0.39, 0.29) is 19.6 Å². The minimum absolute atomic E-state index is 0.0466. The Balaban J connectivity index is 2.24. The van der Waals surface area contributed by atoms with Crippen LogP contribution in [0.2, 0.25) is 0 Å². The molecule has 0 spiro atoms.